The summed E-state index contributed by atoms with van der Waals surface area (Å²) in [5, 5.41) is 0. The van der Waals surface area contributed by atoms with Gasteiger partial charge in [-0.25, -0.2) is 0 Å². The van der Waals surface area contributed by atoms with E-state index in [0.29, 0.717) is 6.54 Å². The van der Waals surface area contributed by atoms with Crippen molar-refractivity contribution in [1.29, 1.82) is 0 Å². The molecule has 1 spiro atoms. The van der Waals surface area contributed by atoms with Crippen LogP contribution in [0.4, 0.5) is 0 Å². The minimum atomic E-state index is 0.118. The number of piperidine rings is 1. The van der Waals surface area contributed by atoms with Gasteiger partial charge in [0.15, 0.2) is 0 Å². The molecule has 1 amide bonds. The number of allylic oxidation sites excluding steroid dienone is 1. The van der Waals surface area contributed by atoms with Crippen LogP contribution < -0.4 is 5.73 Å². The maximum absolute atomic E-state index is 12.8. The summed E-state index contributed by atoms with van der Waals surface area (Å²) in [4.78, 5) is 14.8. The quantitative estimate of drug-likeness (QED) is 0.923. The molecule has 0 bridgehead atoms. The largest absolute Gasteiger partial charge is 0.339 e. The normalized spacial score (nSPS) is 18.0. The van der Waals surface area contributed by atoms with Crippen LogP contribution in [0.3, 0.4) is 0 Å². The van der Waals surface area contributed by atoms with Crippen LogP contribution in [0.2, 0.25) is 0 Å². The standard InChI is InChI=1S/C21H22N2O/c22-15-16-4-3-6-18(14-16)20(24)23-12-10-21(11-13-23)9-8-17-5-1-2-7-19(17)21/h1-9,14H,10-13,15,22H2. The summed E-state index contributed by atoms with van der Waals surface area (Å²) >= 11 is 0. The predicted molar refractivity (Wildman–Crippen MR) is 96.6 cm³/mol. The molecular formula is C21H22N2O. The summed E-state index contributed by atoms with van der Waals surface area (Å²) in [5.74, 6) is 0.121. The first kappa shape index (κ1) is 15.2. The lowest BCUT2D eigenvalue weighted by Crippen LogP contribution is -2.44. The predicted octanol–water partition coefficient (Wildman–Crippen LogP) is 3.35. The van der Waals surface area contributed by atoms with E-state index >= 15 is 0 Å². The molecule has 0 radical (unpaired) electrons. The Morgan fingerprint density at radius 2 is 1.88 bits per heavy atom. The van der Waals surface area contributed by atoms with E-state index in [-0.39, 0.29) is 11.3 Å². The first-order valence-electron chi connectivity index (χ1n) is 8.59. The van der Waals surface area contributed by atoms with Crippen LogP contribution >= 0.6 is 0 Å². The van der Waals surface area contributed by atoms with E-state index in [0.717, 1.165) is 37.1 Å². The third-order valence-corrected chi connectivity index (χ3v) is 5.43. The Hall–Kier alpha value is -2.39. The molecule has 2 aromatic rings. The van der Waals surface area contributed by atoms with Crippen LogP contribution in [0.25, 0.3) is 6.08 Å². The van der Waals surface area contributed by atoms with Crippen molar-refractivity contribution in [3.05, 3.63) is 76.9 Å². The van der Waals surface area contributed by atoms with Gasteiger partial charge in [-0.05, 0) is 41.7 Å². The summed E-state index contributed by atoms with van der Waals surface area (Å²) in [6.45, 7) is 2.06. The number of benzene rings is 2. The maximum Gasteiger partial charge on any atom is 0.253 e. The number of amides is 1. The van der Waals surface area contributed by atoms with Crippen molar-refractivity contribution in [1.82, 2.24) is 4.90 Å². The van der Waals surface area contributed by atoms with Crippen molar-refractivity contribution in [3.8, 4) is 0 Å². The Bertz CT molecular complexity index is 801. The van der Waals surface area contributed by atoms with E-state index in [1.54, 1.807) is 0 Å². The first-order valence-corrected chi connectivity index (χ1v) is 8.59. The van der Waals surface area contributed by atoms with Gasteiger partial charge < -0.3 is 10.6 Å². The summed E-state index contributed by atoms with van der Waals surface area (Å²) in [6, 6.07) is 16.3. The SMILES string of the molecule is NCc1cccc(C(=O)N2CCC3(C=Cc4ccccc43)CC2)c1. The number of nitrogens with two attached hydrogens (primary N) is 1. The molecule has 1 saturated heterocycles. The summed E-state index contributed by atoms with van der Waals surface area (Å²) in [6.07, 6.45) is 6.55. The second-order valence-electron chi connectivity index (χ2n) is 6.77. The number of hydrogen-bond donors (Lipinski definition) is 1. The number of carbonyl (C=O) groups is 1. The van der Waals surface area contributed by atoms with Crippen molar-refractivity contribution in [2.24, 2.45) is 5.73 Å². The summed E-state index contributed by atoms with van der Waals surface area (Å²) in [7, 11) is 0. The molecular weight excluding hydrogens is 296 g/mol. The molecule has 3 nitrogen and oxygen atoms in total. The van der Waals surface area contributed by atoms with E-state index < -0.39 is 0 Å². The highest BCUT2D eigenvalue weighted by atomic mass is 16.2. The number of nitrogens with zero attached hydrogens (tertiary/aromatic N) is 1. The van der Waals surface area contributed by atoms with Crippen molar-refractivity contribution in [2.45, 2.75) is 24.8 Å². The monoisotopic (exact) mass is 318 g/mol. The fraction of sp³-hybridized carbons (Fsp3) is 0.286. The lowest BCUT2D eigenvalue weighted by atomic mass is 9.74. The molecule has 1 aliphatic carbocycles. The molecule has 2 aromatic carbocycles. The molecule has 122 valence electrons. The van der Waals surface area contributed by atoms with Crippen LogP contribution in [-0.4, -0.2) is 23.9 Å². The van der Waals surface area contributed by atoms with Gasteiger partial charge in [-0.1, -0.05) is 48.6 Å². The number of carbonyl (C=O) groups excluding carboxylic acids is 1. The number of likely N-dealkylation sites (tertiary alicyclic amines) is 1. The van der Waals surface area contributed by atoms with Crippen LogP contribution in [-0.2, 0) is 12.0 Å². The number of fused-ring (bicyclic) bond motifs is 2. The molecule has 24 heavy (non-hydrogen) atoms. The molecule has 1 heterocycles. The Morgan fingerprint density at radius 3 is 2.67 bits per heavy atom. The molecule has 0 saturated carbocycles. The van der Waals surface area contributed by atoms with Crippen molar-refractivity contribution < 1.29 is 4.79 Å². The fourth-order valence-corrected chi connectivity index (χ4v) is 3.99. The Kier molecular flexibility index (Phi) is 3.73. The molecule has 4 rings (SSSR count). The van der Waals surface area contributed by atoms with Gasteiger partial charge in [-0.3, -0.25) is 4.79 Å². The summed E-state index contributed by atoms with van der Waals surface area (Å²) < 4.78 is 0. The molecule has 0 unspecified atom stereocenters. The molecule has 1 fully saturated rings. The molecule has 2 N–H and O–H groups in total. The van der Waals surface area contributed by atoms with E-state index in [9.17, 15) is 4.79 Å². The van der Waals surface area contributed by atoms with Gasteiger partial charge in [0.2, 0.25) is 0 Å². The summed E-state index contributed by atoms with van der Waals surface area (Å²) in [5.41, 5.74) is 10.3. The lowest BCUT2D eigenvalue weighted by Gasteiger charge is -2.39. The molecule has 0 atom stereocenters. The fourth-order valence-electron chi connectivity index (χ4n) is 3.99. The van der Waals surface area contributed by atoms with Gasteiger partial charge in [-0.15, -0.1) is 0 Å². The average Bonchev–Trinajstić information content (AvgIpc) is 3.00. The Morgan fingerprint density at radius 1 is 1.08 bits per heavy atom. The smallest absolute Gasteiger partial charge is 0.253 e. The van der Waals surface area contributed by atoms with E-state index in [1.807, 2.05) is 29.2 Å². The van der Waals surface area contributed by atoms with Gasteiger partial charge in [0.1, 0.15) is 0 Å². The van der Waals surface area contributed by atoms with E-state index in [1.165, 1.54) is 11.1 Å². The van der Waals surface area contributed by atoms with Crippen LogP contribution in [0, 0.1) is 0 Å². The third-order valence-electron chi connectivity index (χ3n) is 5.43. The zero-order valence-corrected chi connectivity index (χ0v) is 13.7. The van der Waals surface area contributed by atoms with Crippen LogP contribution in [0.15, 0.2) is 54.6 Å². The van der Waals surface area contributed by atoms with Crippen LogP contribution in [0.5, 0.6) is 0 Å². The number of hydrogen-bond acceptors (Lipinski definition) is 2. The Balaban J connectivity index is 1.51. The highest BCUT2D eigenvalue weighted by Crippen LogP contribution is 2.43. The van der Waals surface area contributed by atoms with Gasteiger partial charge in [0.05, 0.1) is 0 Å². The topological polar surface area (TPSA) is 46.3 Å². The highest BCUT2D eigenvalue weighted by Gasteiger charge is 2.38. The molecule has 2 aliphatic rings. The molecule has 1 aliphatic heterocycles. The first-order chi connectivity index (χ1) is 11.7. The second kappa shape index (κ2) is 5.91. The minimum Gasteiger partial charge on any atom is -0.339 e. The highest BCUT2D eigenvalue weighted by molar-refractivity contribution is 5.94. The maximum atomic E-state index is 12.8. The minimum absolute atomic E-state index is 0.118. The van der Waals surface area contributed by atoms with Gasteiger partial charge in [0, 0.05) is 30.6 Å². The lowest BCUT2D eigenvalue weighted by molar-refractivity contribution is 0.0690. The zero-order chi connectivity index (χ0) is 16.6. The van der Waals surface area contributed by atoms with Gasteiger partial charge >= 0.3 is 0 Å². The van der Waals surface area contributed by atoms with Crippen molar-refractivity contribution in [2.75, 3.05) is 13.1 Å². The van der Waals surface area contributed by atoms with Gasteiger partial charge in [0.25, 0.3) is 5.91 Å². The Labute approximate surface area is 142 Å². The van der Waals surface area contributed by atoms with E-state index in [4.69, 9.17) is 5.73 Å². The molecule has 0 aromatic heterocycles. The van der Waals surface area contributed by atoms with Crippen molar-refractivity contribution >= 4 is 12.0 Å². The van der Waals surface area contributed by atoms with Crippen LogP contribution in [0.1, 0.15) is 39.9 Å². The van der Waals surface area contributed by atoms with Gasteiger partial charge in [-0.2, -0.15) is 0 Å². The zero-order valence-electron chi connectivity index (χ0n) is 13.7. The van der Waals surface area contributed by atoms with Crippen molar-refractivity contribution in [3.63, 3.8) is 0 Å². The third kappa shape index (κ3) is 2.45. The second-order valence-corrected chi connectivity index (χ2v) is 6.77. The van der Waals surface area contributed by atoms with E-state index in [2.05, 4.69) is 36.4 Å². The number of rotatable bonds is 2. The molecule has 3 heteroatoms. The average molecular weight is 318 g/mol.